The Morgan fingerprint density at radius 2 is 2.30 bits per heavy atom. The Balaban J connectivity index is 1.81. The molecule has 0 fully saturated rings. The Kier molecular flexibility index (Phi) is 4.84. The van der Waals surface area contributed by atoms with Gasteiger partial charge >= 0.3 is 0 Å². The van der Waals surface area contributed by atoms with Crippen LogP contribution in [0, 0.1) is 6.92 Å². The summed E-state index contributed by atoms with van der Waals surface area (Å²) in [7, 11) is 1.56. The van der Waals surface area contributed by atoms with Gasteiger partial charge in [0, 0.05) is 25.6 Å². The monoisotopic (exact) mass is 275 g/mol. The third kappa shape index (κ3) is 3.89. The number of carbonyl (C=O) groups is 1. The number of methoxy groups -OCH3 is 1. The molecule has 1 amide bonds. The number of aryl methyl sites for hydroxylation is 1. The lowest BCUT2D eigenvalue weighted by Gasteiger charge is -2.04. The maximum Gasteiger partial charge on any atom is 0.252 e. The normalized spacial score (nSPS) is 10.5. The predicted octanol–water partition coefficient (Wildman–Crippen LogP) is 1.50. The fraction of sp³-hybridized carbons (Fsp3) is 0.357. The summed E-state index contributed by atoms with van der Waals surface area (Å²) < 4.78 is 9.85. The molecule has 1 aromatic carbocycles. The molecule has 0 aliphatic carbocycles. The van der Waals surface area contributed by atoms with E-state index in [0.717, 1.165) is 5.56 Å². The Labute approximate surface area is 117 Å². The Hall–Kier alpha value is -2.21. The van der Waals surface area contributed by atoms with Crippen LogP contribution in [0.25, 0.3) is 0 Å². The molecule has 0 aliphatic heterocycles. The lowest BCUT2D eigenvalue weighted by Crippen LogP contribution is -2.26. The van der Waals surface area contributed by atoms with Crippen LogP contribution in [0.1, 0.15) is 27.6 Å². The van der Waals surface area contributed by atoms with E-state index < -0.39 is 0 Å². The summed E-state index contributed by atoms with van der Waals surface area (Å²) in [5.41, 5.74) is 1.71. The number of amides is 1. The van der Waals surface area contributed by atoms with Crippen molar-refractivity contribution in [3.8, 4) is 0 Å². The fourth-order valence-electron chi connectivity index (χ4n) is 1.75. The molecule has 0 radical (unpaired) electrons. The molecule has 0 saturated carbocycles. The van der Waals surface area contributed by atoms with Gasteiger partial charge in [0.05, 0.1) is 0 Å². The summed E-state index contributed by atoms with van der Waals surface area (Å²) >= 11 is 0. The second kappa shape index (κ2) is 6.81. The summed E-state index contributed by atoms with van der Waals surface area (Å²) in [4.78, 5) is 16.0. The van der Waals surface area contributed by atoms with Gasteiger partial charge in [-0.3, -0.25) is 4.79 Å². The Morgan fingerprint density at radius 1 is 1.45 bits per heavy atom. The first-order chi connectivity index (χ1) is 9.69. The first-order valence-electron chi connectivity index (χ1n) is 6.34. The van der Waals surface area contributed by atoms with E-state index in [2.05, 4.69) is 15.5 Å². The number of benzene rings is 1. The molecule has 106 valence electrons. The van der Waals surface area contributed by atoms with Crippen LogP contribution < -0.4 is 5.32 Å². The number of aromatic nitrogens is 2. The number of carbonyl (C=O) groups excluding carboxylic acids is 1. The summed E-state index contributed by atoms with van der Waals surface area (Å²) in [6.07, 6.45) is 0.519. The van der Waals surface area contributed by atoms with Crippen LogP contribution in [-0.2, 0) is 17.8 Å². The van der Waals surface area contributed by atoms with Gasteiger partial charge in [0.2, 0.25) is 0 Å². The van der Waals surface area contributed by atoms with Crippen LogP contribution >= 0.6 is 0 Å². The van der Waals surface area contributed by atoms with Crippen molar-refractivity contribution >= 4 is 5.91 Å². The molecule has 6 heteroatoms. The number of nitrogens with zero attached hydrogens (tertiary/aromatic N) is 2. The molecule has 1 aromatic heterocycles. The van der Waals surface area contributed by atoms with E-state index in [1.54, 1.807) is 13.2 Å². The molecule has 1 heterocycles. The van der Waals surface area contributed by atoms with Crippen LogP contribution in [0.4, 0.5) is 0 Å². The highest BCUT2D eigenvalue weighted by Crippen LogP contribution is 2.04. The average molecular weight is 275 g/mol. The van der Waals surface area contributed by atoms with Crippen molar-refractivity contribution in [2.45, 2.75) is 20.0 Å². The van der Waals surface area contributed by atoms with Gasteiger partial charge in [-0.1, -0.05) is 22.9 Å². The maximum absolute atomic E-state index is 11.9. The van der Waals surface area contributed by atoms with Crippen LogP contribution in [-0.4, -0.2) is 29.7 Å². The quantitative estimate of drug-likeness (QED) is 0.864. The molecule has 2 rings (SSSR count). The summed E-state index contributed by atoms with van der Waals surface area (Å²) in [6, 6.07) is 7.45. The Bertz CT molecular complexity index is 581. The molecular formula is C14H17N3O3. The number of rotatable bonds is 6. The van der Waals surface area contributed by atoms with Gasteiger partial charge in [0.15, 0.2) is 5.82 Å². The van der Waals surface area contributed by atoms with Gasteiger partial charge in [0.1, 0.15) is 6.61 Å². The highest BCUT2D eigenvalue weighted by atomic mass is 16.5. The second-order valence-electron chi connectivity index (χ2n) is 4.41. The third-order valence-corrected chi connectivity index (χ3v) is 2.69. The van der Waals surface area contributed by atoms with Crippen molar-refractivity contribution in [2.75, 3.05) is 13.7 Å². The number of hydrogen-bond donors (Lipinski definition) is 1. The minimum Gasteiger partial charge on any atom is -0.375 e. The Morgan fingerprint density at radius 3 is 3.05 bits per heavy atom. The zero-order valence-electron chi connectivity index (χ0n) is 11.5. The summed E-state index contributed by atoms with van der Waals surface area (Å²) in [6.45, 7) is 2.70. The van der Waals surface area contributed by atoms with Gasteiger partial charge in [0.25, 0.3) is 11.8 Å². The minimum absolute atomic E-state index is 0.102. The molecule has 20 heavy (non-hydrogen) atoms. The first-order valence-corrected chi connectivity index (χ1v) is 6.34. The van der Waals surface area contributed by atoms with Crippen LogP contribution in [0.5, 0.6) is 0 Å². The van der Waals surface area contributed by atoms with Gasteiger partial charge in [-0.15, -0.1) is 0 Å². The molecule has 0 aliphatic rings. The average Bonchev–Trinajstić information content (AvgIpc) is 2.87. The van der Waals surface area contributed by atoms with Gasteiger partial charge in [-0.2, -0.15) is 4.98 Å². The lowest BCUT2D eigenvalue weighted by atomic mass is 10.1. The highest BCUT2D eigenvalue weighted by Gasteiger charge is 2.08. The number of ether oxygens (including phenoxy) is 1. The van der Waals surface area contributed by atoms with E-state index in [-0.39, 0.29) is 5.91 Å². The van der Waals surface area contributed by atoms with Crippen LogP contribution in [0.15, 0.2) is 28.8 Å². The van der Waals surface area contributed by atoms with Gasteiger partial charge < -0.3 is 14.6 Å². The molecule has 0 unspecified atom stereocenters. The van der Waals surface area contributed by atoms with E-state index in [1.807, 2.05) is 25.1 Å². The standard InChI is InChI=1S/C14H17N3O3/c1-10-4-3-5-11(8-10)14(18)15-7-6-12-16-13(9-19-2)20-17-12/h3-5,8H,6-7,9H2,1-2H3,(H,15,18). The van der Waals surface area contributed by atoms with Gasteiger partial charge in [-0.25, -0.2) is 0 Å². The highest BCUT2D eigenvalue weighted by molar-refractivity contribution is 5.94. The van der Waals surface area contributed by atoms with Crippen LogP contribution in [0.2, 0.25) is 0 Å². The van der Waals surface area contributed by atoms with E-state index in [0.29, 0.717) is 36.9 Å². The predicted molar refractivity (Wildman–Crippen MR) is 72.2 cm³/mol. The van der Waals surface area contributed by atoms with Crippen molar-refractivity contribution in [1.29, 1.82) is 0 Å². The zero-order valence-corrected chi connectivity index (χ0v) is 11.5. The van der Waals surface area contributed by atoms with Gasteiger partial charge in [-0.05, 0) is 19.1 Å². The molecule has 1 N–H and O–H groups in total. The molecule has 0 spiro atoms. The van der Waals surface area contributed by atoms with Crippen molar-refractivity contribution in [1.82, 2.24) is 15.5 Å². The summed E-state index contributed by atoms with van der Waals surface area (Å²) in [5, 5.41) is 6.63. The van der Waals surface area contributed by atoms with E-state index >= 15 is 0 Å². The van der Waals surface area contributed by atoms with Crippen LogP contribution in [0.3, 0.4) is 0 Å². The SMILES string of the molecule is COCc1nc(CCNC(=O)c2cccc(C)c2)no1. The molecule has 0 saturated heterocycles. The smallest absolute Gasteiger partial charge is 0.252 e. The number of hydrogen-bond acceptors (Lipinski definition) is 5. The number of nitrogens with one attached hydrogen (secondary N) is 1. The van der Waals surface area contributed by atoms with Crippen molar-refractivity contribution in [3.63, 3.8) is 0 Å². The molecular weight excluding hydrogens is 258 g/mol. The fourth-order valence-corrected chi connectivity index (χ4v) is 1.75. The topological polar surface area (TPSA) is 77.2 Å². The van der Waals surface area contributed by atoms with E-state index in [4.69, 9.17) is 9.26 Å². The minimum atomic E-state index is -0.102. The third-order valence-electron chi connectivity index (χ3n) is 2.69. The second-order valence-corrected chi connectivity index (χ2v) is 4.41. The molecule has 0 atom stereocenters. The maximum atomic E-state index is 11.9. The largest absolute Gasteiger partial charge is 0.375 e. The van der Waals surface area contributed by atoms with E-state index in [9.17, 15) is 4.79 Å². The molecule has 6 nitrogen and oxygen atoms in total. The summed E-state index contributed by atoms with van der Waals surface area (Å²) in [5.74, 6) is 0.892. The van der Waals surface area contributed by atoms with Crippen molar-refractivity contribution in [3.05, 3.63) is 47.1 Å². The van der Waals surface area contributed by atoms with Crippen molar-refractivity contribution < 1.29 is 14.1 Å². The van der Waals surface area contributed by atoms with Crippen molar-refractivity contribution in [2.24, 2.45) is 0 Å². The first kappa shape index (κ1) is 14.2. The molecule has 0 bridgehead atoms. The zero-order chi connectivity index (χ0) is 14.4. The molecule has 2 aromatic rings. The van der Waals surface area contributed by atoms with E-state index in [1.165, 1.54) is 0 Å². The lowest BCUT2D eigenvalue weighted by molar-refractivity contribution is 0.0954.